The number of hydrogen-bond acceptors (Lipinski definition) is 2. The molecule has 116 valence electrons. The molecule has 3 heteroatoms. The summed E-state index contributed by atoms with van der Waals surface area (Å²) >= 11 is 0. The molecule has 1 atom stereocenters. The van der Waals surface area contributed by atoms with Gasteiger partial charge in [-0.3, -0.25) is 4.79 Å². The highest BCUT2D eigenvalue weighted by Crippen LogP contribution is 2.12. The van der Waals surface area contributed by atoms with Gasteiger partial charge in [-0.2, -0.15) is 0 Å². The Labute approximate surface area is 133 Å². The first-order chi connectivity index (χ1) is 10.5. The number of carbonyl (C=O) groups is 1. The lowest BCUT2D eigenvalue weighted by atomic mass is 10.1. The third-order valence-corrected chi connectivity index (χ3v) is 3.61. The minimum Gasteiger partial charge on any atom is -0.378 e. The van der Waals surface area contributed by atoms with Crippen molar-refractivity contribution in [1.29, 1.82) is 0 Å². The summed E-state index contributed by atoms with van der Waals surface area (Å²) in [5.74, 6) is 0.0704. The van der Waals surface area contributed by atoms with Crippen molar-refractivity contribution < 1.29 is 4.79 Å². The van der Waals surface area contributed by atoms with E-state index >= 15 is 0 Å². The van der Waals surface area contributed by atoms with E-state index in [4.69, 9.17) is 0 Å². The number of amides is 1. The first-order valence-electron chi connectivity index (χ1n) is 7.64. The van der Waals surface area contributed by atoms with Gasteiger partial charge < -0.3 is 10.2 Å². The zero-order valence-electron chi connectivity index (χ0n) is 13.5. The predicted molar refractivity (Wildman–Crippen MR) is 92.2 cm³/mol. The third kappa shape index (κ3) is 4.92. The zero-order chi connectivity index (χ0) is 15.9. The number of carbonyl (C=O) groups excluding carboxylic acids is 1. The van der Waals surface area contributed by atoms with Gasteiger partial charge in [0.15, 0.2) is 0 Å². The van der Waals surface area contributed by atoms with Gasteiger partial charge in [0.05, 0.1) is 6.42 Å². The predicted octanol–water partition coefficient (Wildman–Crippen LogP) is 3.04. The molecular weight excluding hydrogens is 272 g/mol. The van der Waals surface area contributed by atoms with Gasteiger partial charge in [0.25, 0.3) is 0 Å². The normalized spacial score (nSPS) is 11.8. The molecule has 1 N–H and O–H groups in total. The van der Waals surface area contributed by atoms with Crippen LogP contribution in [0.3, 0.4) is 0 Å². The number of benzene rings is 2. The molecule has 0 radical (unpaired) electrons. The van der Waals surface area contributed by atoms with E-state index in [-0.39, 0.29) is 11.9 Å². The molecule has 0 saturated carbocycles. The molecule has 2 aromatic rings. The lowest BCUT2D eigenvalue weighted by Gasteiger charge is -2.15. The van der Waals surface area contributed by atoms with Crippen LogP contribution in [-0.2, 0) is 17.6 Å². The van der Waals surface area contributed by atoms with Crippen LogP contribution >= 0.6 is 0 Å². The molecule has 0 saturated heterocycles. The quantitative estimate of drug-likeness (QED) is 0.888. The Morgan fingerprint density at radius 2 is 1.64 bits per heavy atom. The van der Waals surface area contributed by atoms with Crippen molar-refractivity contribution in [3.05, 3.63) is 65.7 Å². The van der Waals surface area contributed by atoms with E-state index in [0.29, 0.717) is 6.42 Å². The maximum atomic E-state index is 12.1. The molecule has 0 aliphatic heterocycles. The highest BCUT2D eigenvalue weighted by Gasteiger charge is 2.09. The van der Waals surface area contributed by atoms with Crippen LogP contribution in [0.2, 0.25) is 0 Å². The van der Waals surface area contributed by atoms with E-state index < -0.39 is 0 Å². The monoisotopic (exact) mass is 296 g/mol. The molecule has 3 nitrogen and oxygen atoms in total. The highest BCUT2D eigenvalue weighted by atomic mass is 16.1. The Kier molecular flexibility index (Phi) is 5.59. The van der Waals surface area contributed by atoms with Crippen molar-refractivity contribution in [2.24, 2.45) is 0 Å². The number of anilines is 1. The van der Waals surface area contributed by atoms with Crippen molar-refractivity contribution in [2.45, 2.75) is 25.8 Å². The average Bonchev–Trinajstić information content (AvgIpc) is 2.48. The summed E-state index contributed by atoms with van der Waals surface area (Å²) < 4.78 is 0. The van der Waals surface area contributed by atoms with Gasteiger partial charge in [-0.1, -0.05) is 42.5 Å². The molecule has 0 spiro atoms. The largest absolute Gasteiger partial charge is 0.378 e. The molecule has 2 aromatic carbocycles. The number of rotatable bonds is 6. The second-order valence-corrected chi connectivity index (χ2v) is 5.90. The van der Waals surface area contributed by atoms with Crippen LogP contribution in [0.15, 0.2) is 54.6 Å². The average molecular weight is 296 g/mol. The van der Waals surface area contributed by atoms with Gasteiger partial charge in [-0.15, -0.1) is 0 Å². The van der Waals surface area contributed by atoms with Gasteiger partial charge in [0.2, 0.25) is 5.91 Å². The summed E-state index contributed by atoms with van der Waals surface area (Å²) in [6.07, 6.45) is 1.28. The first kappa shape index (κ1) is 16.1. The van der Waals surface area contributed by atoms with Crippen molar-refractivity contribution >= 4 is 11.6 Å². The molecule has 1 amide bonds. The summed E-state index contributed by atoms with van der Waals surface area (Å²) in [6, 6.07) is 18.5. The van der Waals surface area contributed by atoms with E-state index in [1.807, 2.05) is 68.4 Å². The van der Waals surface area contributed by atoms with Crippen LogP contribution in [0, 0.1) is 0 Å². The Morgan fingerprint density at radius 1 is 1.00 bits per heavy atom. The zero-order valence-corrected chi connectivity index (χ0v) is 13.5. The van der Waals surface area contributed by atoms with E-state index in [1.54, 1.807) is 0 Å². The fraction of sp³-hybridized carbons (Fsp3) is 0.316. The molecule has 0 aliphatic rings. The Morgan fingerprint density at radius 3 is 2.23 bits per heavy atom. The molecule has 0 aromatic heterocycles. The van der Waals surface area contributed by atoms with Crippen LogP contribution in [0.4, 0.5) is 5.69 Å². The van der Waals surface area contributed by atoms with Crippen LogP contribution in [0.25, 0.3) is 0 Å². The molecule has 0 fully saturated rings. The Hall–Kier alpha value is -2.29. The van der Waals surface area contributed by atoms with Crippen molar-refractivity contribution in [2.75, 3.05) is 19.0 Å². The van der Waals surface area contributed by atoms with E-state index in [0.717, 1.165) is 17.7 Å². The van der Waals surface area contributed by atoms with E-state index in [1.165, 1.54) is 5.56 Å². The van der Waals surface area contributed by atoms with Crippen LogP contribution in [0.1, 0.15) is 18.1 Å². The van der Waals surface area contributed by atoms with Gasteiger partial charge >= 0.3 is 0 Å². The maximum Gasteiger partial charge on any atom is 0.224 e. The standard InChI is InChI=1S/C19H24N2O/c1-15(13-16-7-5-4-6-8-16)20-19(22)14-17-9-11-18(12-10-17)21(2)3/h4-12,15H,13-14H2,1-3H3,(H,20,22). The lowest BCUT2D eigenvalue weighted by Crippen LogP contribution is -2.35. The SMILES string of the molecule is CC(Cc1ccccc1)NC(=O)Cc1ccc(N(C)C)cc1. The van der Waals surface area contributed by atoms with Gasteiger partial charge in [0.1, 0.15) is 0 Å². The molecule has 0 aliphatic carbocycles. The summed E-state index contributed by atoms with van der Waals surface area (Å²) in [7, 11) is 4.01. The minimum absolute atomic E-state index is 0.0704. The topological polar surface area (TPSA) is 32.3 Å². The Bertz CT molecular complexity index is 591. The number of hydrogen-bond donors (Lipinski definition) is 1. The fourth-order valence-corrected chi connectivity index (χ4v) is 2.44. The van der Waals surface area contributed by atoms with E-state index in [9.17, 15) is 4.79 Å². The van der Waals surface area contributed by atoms with Gasteiger partial charge in [-0.05, 0) is 36.6 Å². The second-order valence-electron chi connectivity index (χ2n) is 5.90. The number of nitrogens with one attached hydrogen (secondary N) is 1. The fourth-order valence-electron chi connectivity index (χ4n) is 2.44. The Balaban J connectivity index is 1.84. The smallest absolute Gasteiger partial charge is 0.224 e. The summed E-state index contributed by atoms with van der Waals surface area (Å²) in [6.45, 7) is 2.04. The molecule has 1 unspecified atom stereocenters. The van der Waals surface area contributed by atoms with Gasteiger partial charge in [-0.25, -0.2) is 0 Å². The highest BCUT2D eigenvalue weighted by molar-refractivity contribution is 5.79. The molecule has 22 heavy (non-hydrogen) atoms. The van der Waals surface area contributed by atoms with Gasteiger partial charge in [0, 0.05) is 25.8 Å². The summed E-state index contributed by atoms with van der Waals surface area (Å²) in [5, 5.41) is 3.06. The summed E-state index contributed by atoms with van der Waals surface area (Å²) in [4.78, 5) is 14.2. The van der Waals surface area contributed by atoms with Crippen molar-refractivity contribution in [1.82, 2.24) is 5.32 Å². The minimum atomic E-state index is 0.0704. The third-order valence-electron chi connectivity index (χ3n) is 3.61. The van der Waals surface area contributed by atoms with Crippen LogP contribution < -0.4 is 10.2 Å². The second kappa shape index (κ2) is 7.64. The first-order valence-corrected chi connectivity index (χ1v) is 7.64. The molecular formula is C19H24N2O. The summed E-state index contributed by atoms with van der Waals surface area (Å²) in [5.41, 5.74) is 3.42. The molecule has 0 bridgehead atoms. The lowest BCUT2D eigenvalue weighted by molar-refractivity contribution is -0.121. The van der Waals surface area contributed by atoms with Crippen molar-refractivity contribution in [3.8, 4) is 0 Å². The van der Waals surface area contributed by atoms with Crippen LogP contribution in [-0.4, -0.2) is 26.0 Å². The molecule has 0 heterocycles. The van der Waals surface area contributed by atoms with Crippen LogP contribution in [0.5, 0.6) is 0 Å². The number of nitrogens with zero attached hydrogens (tertiary/aromatic N) is 1. The van der Waals surface area contributed by atoms with E-state index in [2.05, 4.69) is 17.4 Å². The van der Waals surface area contributed by atoms with Crippen molar-refractivity contribution in [3.63, 3.8) is 0 Å². The molecule has 2 rings (SSSR count). The maximum absolute atomic E-state index is 12.1.